The first-order chi connectivity index (χ1) is 13.0. The molecule has 0 unspecified atom stereocenters. The van der Waals surface area contributed by atoms with Crippen LogP contribution in [0.3, 0.4) is 0 Å². The Kier molecular flexibility index (Phi) is 5.82. The van der Waals surface area contributed by atoms with Gasteiger partial charge in [0.2, 0.25) is 11.7 Å². The van der Waals surface area contributed by atoms with Gasteiger partial charge in [-0.2, -0.15) is 4.80 Å². The Bertz CT molecular complexity index is 967. The zero-order valence-corrected chi connectivity index (χ0v) is 16.2. The second kappa shape index (κ2) is 8.28. The number of aromatic nitrogens is 4. The largest absolute Gasteiger partial charge is 0.462 e. The number of hydrogen-bond acceptors (Lipinski definition) is 7. The number of tetrazole rings is 1. The van der Waals surface area contributed by atoms with Crippen LogP contribution < -0.4 is 5.32 Å². The first-order valence-electron chi connectivity index (χ1n) is 8.07. The highest BCUT2D eigenvalue weighted by Crippen LogP contribution is 2.27. The minimum Gasteiger partial charge on any atom is -0.462 e. The number of halogens is 1. The summed E-state index contributed by atoms with van der Waals surface area (Å²) < 4.78 is 4.99. The third kappa shape index (κ3) is 4.69. The molecule has 3 rings (SSSR count). The van der Waals surface area contributed by atoms with Crippen LogP contribution in [0.15, 0.2) is 30.3 Å². The first-order valence-corrected chi connectivity index (χ1v) is 9.27. The van der Waals surface area contributed by atoms with Crippen LogP contribution in [0.25, 0.3) is 11.4 Å². The van der Waals surface area contributed by atoms with Crippen molar-refractivity contribution in [1.29, 1.82) is 0 Å². The molecule has 1 aromatic carbocycles. The van der Waals surface area contributed by atoms with Gasteiger partial charge in [-0.1, -0.05) is 11.6 Å². The maximum Gasteiger partial charge on any atom is 0.348 e. The molecule has 8 nitrogen and oxygen atoms in total. The van der Waals surface area contributed by atoms with Gasteiger partial charge in [-0.15, -0.1) is 21.5 Å². The fraction of sp³-hybridized carbons (Fsp3) is 0.235. The number of carbonyl (C=O) groups excluding carboxylic acids is 2. The number of ether oxygens (including phenoxy) is 1. The molecule has 2 heterocycles. The van der Waals surface area contributed by atoms with E-state index in [2.05, 4.69) is 20.7 Å². The highest BCUT2D eigenvalue weighted by Gasteiger charge is 2.16. The van der Waals surface area contributed by atoms with Crippen molar-refractivity contribution in [3.05, 3.63) is 45.8 Å². The van der Waals surface area contributed by atoms with Gasteiger partial charge in [0.1, 0.15) is 11.4 Å². The second-order valence-corrected chi connectivity index (χ2v) is 7.03. The van der Waals surface area contributed by atoms with Gasteiger partial charge in [0.15, 0.2) is 0 Å². The second-order valence-electron chi connectivity index (χ2n) is 5.54. The lowest BCUT2D eigenvalue weighted by molar-refractivity contribution is -0.117. The van der Waals surface area contributed by atoms with Crippen LogP contribution in [0.5, 0.6) is 0 Å². The van der Waals surface area contributed by atoms with Crippen molar-refractivity contribution < 1.29 is 14.3 Å². The smallest absolute Gasteiger partial charge is 0.348 e. The summed E-state index contributed by atoms with van der Waals surface area (Å²) >= 11 is 7.02. The lowest BCUT2D eigenvalue weighted by Crippen LogP contribution is -2.20. The average Bonchev–Trinajstić information content (AvgIpc) is 3.22. The third-order valence-electron chi connectivity index (χ3n) is 3.48. The minimum absolute atomic E-state index is 0.105. The molecule has 0 bridgehead atoms. The molecule has 2 aromatic heterocycles. The van der Waals surface area contributed by atoms with E-state index in [0.29, 0.717) is 27.3 Å². The lowest BCUT2D eigenvalue weighted by Gasteiger charge is -2.01. The SMILES string of the molecule is CCOC(=O)c1sc(NC(=O)Cn2nnc(-c3ccc(Cl)cc3)n2)cc1C. The number of rotatable bonds is 6. The summed E-state index contributed by atoms with van der Waals surface area (Å²) in [6, 6.07) is 8.72. The molecule has 27 heavy (non-hydrogen) atoms. The molecule has 0 saturated carbocycles. The van der Waals surface area contributed by atoms with Crippen LogP contribution in [0.4, 0.5) is 5.00 Å². The molecule has 0 spiro atoms. The van der Waals surface area contributed by atoms with Gasteiger partial charge in [0.25, 0.3) is 0 Å². The molecular weight excluding hydrogens is 390 g/mol. The third-order valence-corrected chi connectivity index (χ3v) is 4.87. The Morgan fingerprint density at radius 1 is 1.30 bits per heavy atom. The van der Waals surface area contributed by atoms with Gasteiger partial charge >= 0.3 is 5.97 Å². The number of nitrogens with zero attached hydrogens (tertiary/aromatic N) is 4. The zero-order valence-electron chi connectivity index (χ0n) is 14.6. The maximum atomic E-state index is 12.2. The molecule has 140 valence electrons. The molecule has 0 aliphatic carbocycles. The highest BCUT2D eigenvalue weighted by molar-refractivity contribution is 7.18. The van der Waals surface area contributed by atoms with E-state index in [1.54, 1.807) is 44.2 Å². The Hall–Kier alpha value is -2.78. The van der Waals surface area contributed by atoms with E-state index < -0.39 is 5.97 Å². The van der Waals surface area contributed by atoms with Crippen molar-refractivity contribution in [1.82, 2.24) is 20.2 Å². The van der Waals surface area contributed by atoms with E-state index in [4.69, 9.17) is 16.3 Å². The maximum absolute atomic E-state index is 12.2. The van der Waals surface area contributed by atoms with Crippen LogP contribution >= 0.6 is 22.9 Å². The van der Waals surface area contributed by atoms with Gasteiger partial charge in [0, 0.05) is 10.6 Å². The number of thiophene rings is 1. The van der Waals surface area contributed by atoms with Crippen LogP contribution in [-0.2, 0) is 16.1 Å². The van der Waals surface area contributed by atoms with Gasteiger partial charge < -0.3 is 10.1 Å². The number of esters is 1. The van der Waals surface area contributed by atoms with E-state index in [1.807, 2.05) is 0 Å². The number of carbonyl (C=O) groups is 2. The van der Waals surface area contributed by atoms with E-state index in [0.717, 1.165) is 11.1 Å². The van der Waals surface area contributed by atoms with Gasteiger partial charge in [0.05, 0.1) is 11.6 Å². The van der Waals surface area contributed by atoms with Gasteiger partial charge in [-0.05, 0) is 55.0 Å². The van der Waals surface area contributed by atoms with Gasteiger partial charge in [-0.25, -0.2) is 4.79 Å². The van der Waals surface area contributed by atoms with Crippen LogP contribution in [0.2, 0.25) is 5.02 Å². The summed E-state index contributed by atoms with van der Waals surface area (Å²) in [4.78, 5) is 25.7. The molecule has 10 heteroatoms. The molecular formula is C17H16ClN5O3S. The number of benzene rings is 1. The summed E-state index contributed by atoms with van der Waals surface area (Å²) in [5, 5.41) is 15.9. The van der Waals surface area contributed by atoms with E-state index in [-0.39, 0.29) is 12.5 Å². The fourth-order valence-corrected chi connectivity index (χ4v) is 3.38. The normalized spacial score (nSPS) is 10.6. The van der Waals surface area contributed by atoms with E-state index in [9.17, 15) is 9.59 Å². The Balaban J connectivity index is 1.64. The molecule has 0 atom stereocenters. The predicted octanol–water partition coefficient (Wildman–Crippen LogP) is 3.18. The topological polar surface area (TPSA) is 99.0 Å². The standard InChI is InChI=1S/C17H16ClN5O3S/c1-3-26-17(25)15-10(2)8-14(27-15)19-13(24)9-23-21-16(20-22-23)11-4-6-12(18)7-5-11/h4-8H,3,9H2,1-2H3,(H,19,24). The minimum atomic E-state index is -0.397. The number of aryl methyl sites for hydroxylation is 1. The van der Waals surface area contributed by atoms with Crippen molar-refractivity contribution in [2.24, 2.45) is 0 Å². The van der Waals surface area contributed by atoms with Crippen molar-refractivity contribution >= 4 is 39.8 Å². The molecule has 1 amide bonds. The summed E-state index contributed by atoms with van der Waals surface area (Å²) in [6.45, 7) is 3.72. The Morgan fingerprint density at radius 3 is 2.74 bits per heavy atom. The van der Waals surface area contributed by atoms with E-state index >= 15 is 0 Å². The molecule has 3 aromatic rings. The highest BCUT2D eigenvalue weighted by atomic mass is 35.5. The molecule has 1 N–H and O–H groups in total. The number of amides is 1. The Morgan fingerprint density at radius 2 is 2.04 bits per heavy atom. The quantitative estimate of drug-likeness (QED) is 0.632. The average molecular weight is 406 g/mol. The van der Waals surface area contributed by atoms with Crippen LogP contribution in [-0.4, -0.2) is 38.7 Å². The van der Waals surface area contributed by atoms with Crippen molar-refractivity contribution in [3.8, 4) is 11.4 Å². The van der Waals surface area contributed by atoms with Crippen LogP contribution in [0, 0.1) is 6.92 Å². The number of anilines is 1. The van der Waals surface area contributed by atoms with Crippen molar-refractivity contribution in [3.63, 3.8) is 0 Å². The van der Waals surface area contributed by atoms with Crippen LogP contribution in [0.1, 0.15) is 22.2 Å². The molecule has 0 saturated heterocycles. The molecule has 0 aliphatic heterocycles. The zero-order chi connectivity index (χ0) is 19.4. The predicted molar refractivity (Wildman–Crippen MR) is 102 cm³/mol. The first kappa shape index (κ1) is 19.0. The summed E-state index contributed by atoms with van der Waals surface area (Å²) in [5.41, 5.74) is 1.50. The lowest BCUT2D eigenvalue weighted by atomic mass is 10.2. The summed E-state index contributed by atoms with van der Waals surface area (Å²) in [7, 11) is 0. The van der Waals surface area contributed by atoms with Crippen molar-refractivity contribution in [2.75, 3.05) is 11.9 Å². The van der Waals surface area contributed by atoms with Crippen molar-refractivity contribution in [2.45, 2.75) is 20.4 Å². The fourth-order valence-electron chi connectivity index (χ4n) is 2.27. The summed E-state index contributed by atoms with van der Waals surface area (Å²) in [6.07, 6.45) is 0. The van der Waals surface area contributed by atoms with E-state index in [1.165, 1.54) is 16.1 Å². The number of hydrogen-bond donors (Lipinski definition) is 1. The molecule has 0 aliphatic rings. The van der Waals surface area contributed by atoms with Gasteiger partial charge in [-0.3, -0.25) is 4.79 Å². The molecule has 0 fully saturated rings. The summed E-state index contributed by atoms with van der Waals surface area (Å²) in [5.74, 6) is -0.325. The number of nitrogens with one attached hydrogen (secondary N) is 1. The monoisotopic (exact) mass is 405 g/mol. The molecule has 0 radical (unpaired) electrons. The Labute approximate surface area is 164 Å².